The molecule has 1 rings (SSSR count). The van der Waals surface area contributed by atoms with Crippen molar-refractivity contribution < 1.29 is 19.3 Å². The van der Waals surface area contributed by atoms with Crippen molar-refractivity contribution in [2.75, 3.05) is 27.9 Å². The lowest BCUT2D eigenvalue weighted by molar-refractivity contribution is -0.0980. The lowest BCUT2D eigenvalue weighted by Crippen LogP contribution is -2.38. The summed E-state index contributed by atoms with van der Waals surface area (Å²) in [6.07, 6.45) is 4.05. The maximum Gasteiger partial charge on any atom is 0.147 e. The summed E-state index contributed by atoms with van der Waals surface area (Å²) in [4.78, 5) is 4.46. The Morgan fingerprint density at radius 1 is 1.45 bits per heavy atom. The van der Waals surface area contributed by atoms with Crippen molar-refractivity contribution in [1.29, 1.82) is 0 Å². The van der Waals surface area contributed by atoms with Gasteiger partial charge in [0.05, 0.1) is 7.11 Å². The van der Waals surface area contributed by atoms with Gasteiger partial charge >= 0.3 is 0 Å². The summed E-state index contributed by atoms with van der Waals surface area (Å²) in [6.45, 7) is 5.89. The fraction of sp³-hybridized carbons (Fsp3) is 0.562. The van der Waals surface area contributed by atoms with Crippen molar-refractivity contribution >= 4 is 15.9 Å². The Bertz CT molecular complexity index is 509. The highest BCUT2D eigenvalue weighted by Crippen LogP contribution is 2.41. The number of nitrogens with zero attached hydrogens (tertiary/aromatic N) is 1. The lowest BCUT2D eigenvalue weighted by atomic mass is 9.87. The number of rotatable bonds is 9. The number of aliphatic hydroxyl groups excluding tert-OH is 1. The van der Waals surface area contributed by atoms with Crippen LogP contribution in [0.1, 0.15) is 30.2 Å². The van der Waals surface area contributed by atoms with Gasteiger partial charge in [0.1, 0.15) is 23.1 Å². The predicted molar refractivity (Wildman–Crippen MR) is 89.2 cm³/mol. The summed E-state index contributed by atoms with van der Waals surface area (Å²) in [5.74, 6) is 0.647. The molecule has 1 N–H and O–H groups in total. The van der Waals surface area contributed by atoms with E-state index in [-0.39, 0.29) is 6.61 Å². The SMILES string of the molecule is C=CC(CCCO)(OC)C(OC)c1ncc(Br)c(C)c1OC. The standard InChI is InChI=1S/C16H24BrNO4/c1-6-16(22-5,8-7-9-19)15(21-4)13-14(20-3)11(2)12(17)10-18-13/h6,10,15,19H,1,7-9H2,2-5H3. The van der Waals surface area contributed by atoms with Crippen LogP contribution < -0.4 is 4.74 Å². The molecule has 0 radical (unpaired) electrons. The van der Waals surface area contributed by atoms with Crippen molar-refractivity contribution in [3.8, 4) is 5.75 Å². The molecule has 124 valence electrons. The molecular weight excluding hydrogens is 350 g/mol. The van der Waals surface area contributed by atoms with Crippen LogP contribution in [0.2, 0.25) is 0 Å². The van der Waals surface area contributed by atoms with Crippen LogP contribution in [0, 0.1) is 6.92 Å². The van der Waals surface area contributed by atoms with E-state index in [4.69, 9.17) is 19.3 Å². The Kier molecular flexibility index (Phi) is 7.48. The topological polar surface area (TPSA) is 60.8 Å². The zero-order chi connectivity index (χ0) is 16.8. The molecule has 1 heterocycles. The average molecular weight is 374 g/mol. The van der Waals surface area contributed by atoms with Crippen LogP contribution in [0.3, 0.4) is 0 Å². The second-order valence-corrected chi connectivity index (χ2v) is 5.81. The molecule has 2 unspecified atom stereocenters. The number of hydrogen-bond donors (Lipinski definition) is 1. The molecule has 22 heavy (non-hydrogen) atoms. The first-order chi connectivity index (χ1) is 10.5. The molecular formula is C16H24BrNO4. The van der Waals surface area contributed by atoms with Crippen LogP contribution >= 0.6 is 15.9 Å². The zero-order valence-corrected chi connectivity index (χ0v) is 15.1. The van der Waals surface area contributed by atoms with Gasteiger partial charge in [-0.1, -0.05) is 6.08 Å². The second-order valence-electron chi connectivity index (χ2n) is 4.96. The van der Waals surface area contributed by atoms with E-state index in [9.17, 15) is 0 Å². The monoisotopic (exact) mass is 373 g/mol. The normalized spacial score (nSPS) is 15.2. The summed E-state index contributed by atoms with van der Waals surface area (Å²) in [5.41, 5.74) is 0.786. The third-order valence-corrected chi connectivity index (χ3v) is 4.63. The number of methoxy groups -OCH3 is 3. The lowest BCUT2D eigenvalue weighted by Gasteiger charge is -2.36. The minimum atomic E-state index is -0.794. The number of ether oxygens (including phenoxy) is 3. The summed E-state index contributed by atoms with van der Waals surface area (Å²) >= 11 is 3.45. The third kappa shape index (κ3) is 3.68. The summed E-state index contributed by atoms with van der Waals surface area (Å²) in [7, 11) is 4.80. The van der Waals surface area contributed by atoms with Crippen LogP contribution in [0.5, 0.6) is 5.75 Å². The van der Waals surface area contributed by atoms with Crippen LogP contribution in [-0.4, -0.2) is 43.6 Å². The van der Waals surface area contributed by atoms with Crippen molar-refractivity contribution in [3.05, 3.63) is 34.6 Å². The Morgan fingerprint density at radius 2 is 2.14 bits per heavy atom. The molecule has 0 aliphatic rings. The largest absolute Gasteiger partial charge is 0.494 e. The molecule has 1 aromatic rings. The van der Waals surface area contributed by atoms with E-state index in [1.165, 1.54) is 0 Å². The van der Waals surface area contributed by atoms with Gasteiger partial charge in [0, 0.05) is 37.1 Å². The number of aliphatic hydroxyl groups is 1. The quantitative estimate of drug-likeness (QED) is 0.673. The van der Waals surface area contributed by atoms with Gasteiger partial charge in [-0.25, -0.2) is 0 Å². The van der Waals surface area contributed by atoms with Gasteiger partial charge in [0.2, 0.25) is 0 Å². The number of aromatic nitrogens is 1. The minimum absolute atomic E-state index is 0.0688. The number of hydrogen-bond acceptors (Lipinski definition) is 5. The van der Waals surface area contributed by atoms with Crippen molar-refractivity contribution in [2.24, 2.45) is 0 Å². The van der Waals surface area contributed by atoms with Gasteiger partial charge in [0.15, 0.2) is 0 Å². The van der Waals surface area contributed by atoms with Crippen LogP contribution in [-0.2, 0) is 9.47 Å². The van der Waals surface area contributed by atoms with Crippen LogP contribution in [0.15, 0.2) is 23.3 Å². The van der Waals surface area contributed by atoms with Crippen molar-refractivity contribution in [2.45, 2.75) is 31.5 Å². The molecule has 2 atom stereocenters. The molecule has 0 aliphatic heterocycles. The van der Waals surface area contributed by atoms with E-state index in [0.29, 0.717) is 24.3 Å². The van der Waals surface area contributed by atoms with Gasteiger partial charge in [0.25, 0.3) is 0 Å². The summed E-state index contributed by atoms with van der Waals surface area (Å²) in [5, 5.41) is 9.15. The van der Waals surface area contributed by atoms with Gasteiger partial charge in [-0.2, -0.15) is 0 Å². The van der Waals surface area contributed by atoms with Crippen LogP contribution in [0.25, 0.3) is 0 Å². The first kappa shape index (κ1) is 19.1. The molecule has 1 aromatic heterocycles. The van der Waals surface area contributed by atoms with Crippen molar-refractivity contribution in [3.63, 3.8) is 0 Å². The first-order valence-electron chi connectivity index (χ1n) is 7.02. The van der Waals surface area contributed by atoms with Crippen molar-refractivity contribution in [1.82, 2.24) is 4.98 Å². The molecule has 0 fully saturated rings. The minimum Gasteiger partial charge on any atom is -0.494 e. The molecule has 0 saturated carbocycles. The van der Waals surface area contributed by atoms with E-state index in [1.807, 2.05) is 6.92 Å². The number of halogens is 1. The molecule has 0 amide bonds. The highest BCUT2D eigenvalue weighted by molar-refractivity contribution is 9.10. The fourth-order valence-corrected chi connectivity index (χ4v) is 2.84. The first-order valence-corrected chi connectivity index (χ1v) is 7.82. The predicted octanol–water partition coefficient (Wildman–Crippen LogP) is 3.19. The van der Waals surface area contributed by atoms with Gasteiger partial charge in [-0.05, 0) is 35.7 Å². The third-order valence-electron chi connectivity index (χ3n) is 3.83. The van der Waals surface area contributed by atoms with E-state index in [0.717, 1.165) is 10.0 Å². The summed E-state index contributed by atoms with van der Waals surface area (Å²) < 4.78 is 17.8. The highest BCUT2D eigenvalue weighted by Gasteiger charge is 2.40. The smallest absolute Gasteiger partial charge is 0.147 e. The van der Waals surface area contributed by atoms with E-state index >= 15 is 0 Å². The fourth-order valence-electron chi connectivity index (χ4n) is 2.56. The molecule has 0 spiro atoms. The Hall–Kier alpha value is -0.950. The molecule has 0 saturated heterocycles. The van der Waals surface area contributed by atoms with Gasteiger partial charge < -0.3 is 19.3 Å². The molecule has 0 bridgehead atoms. The Morgan fingerprint density at radius 3 is 2.59 bits per heavy atom. The molecule has 6 heteroatoms. The molecule has 5 nitrogen and oxygen atoms in total. The Balaban J connectivity index is 3.40. The maximum absolute atomic E-state index is 9.15. The van der Waals surface area contributed by atoms with E-state index in [1.54, 1.807) is 33.6 Å². The maximum atomic E-state index is 9.15. The van der Waals surface area contributed by atoms with E-state index in [2.05, 4.69) is 27.5 Å². The zero-order valence-electron chi connectivity index (χ0n) is 13.6. The highest BCUT2D eigenvalue weighted by atomic mass is 79.9. The number of pyridine rings is 1. The van der Waals surface area contributed by atoms with E-state index < -0.39 is 11.7 Å². The molecule has 0 aliphatic carbocycles. The van der Waals surface area contributed by atoms with Crippen LogP contribution in [0.4, 0.5) is 0 Å². The summed E-state index contributed by atoms with van der Waals surface area (Å²) in [6, 6.07) is 0. The van der Waals surface area contributed by atoms with Gasteiger partial charge in [-0.15, -0.1) is 6.58 Å². The molecule has 0 aromatic carbocycles. The second kappa shape index (κ2) is 8.62. The average Bonchev–Trinajstić information content (AvgIpc) is 2.54. The Labute approximate surface area is 140 Å². The van der Waals surface area contributed by atoms with Gasteiger partial charge in [-0.3, -0.25) is 4.98 Å².